The second-order valence-electron chi connectivity index (χ2n) is 8.91. The summed E-state index contributed by atoms with van der Waals surface area (Å²) < 4.78 is 28.2. The number of benzene rings is 1. The first kappa shape index (κ1) is 22.2. The van der Waals surface area contributed by atoms with Crippen LogP contribution in [0.15, 0.2) is 40.6 Å². The monoisotopic (exact) mass is 482 g/mol. The topological polar surface area (TPSA) is 92.3 Å². The minimum absolute atomic E-state index is 0.0243. The zero-order chi connectivity index (χ0) is 23.3. The summed E-state index contributed by atoms with van der Waals surface area (Å²) in [6.07, 6.45) is 3.05. The molecule has 1 atom stereocenters. The van der Waals surface area contributed by atoms with Gasteiger partial charge in [-0.25, -0.2) is 18.1 Å². The maximum absolute atomic E-state index is 13.3. The van der Waals surface area contributed by atoms with Crippen LogP contribution in [0.2, 0.25) is 0 Å². The largest absolute Gasteiger partial charge is 0.291 e. The van der Waals surface area contributed by atoms with Gasteiger partial charge in [-0.2, -0.15) is 0 Å². The van der Waals surface area contributed by atoms with Gasteiger partial charge in [0.15, 0.2) is 9.34 Å². The summed E-state index contributed by atoms with van der Waals surface area (Å²) >= 11 is 1.05. The van der Waals surface area contributed by atoms with Crippen LogP contribution in [-0.2, 0) is 27.7 Å². The highest BCUT2D eigenvalue weighted by atomic mass is 32.2. The predicted octanol–water partition coefficient (Wildman–Crippen LogP) is 3.64. The molecular weight excluding hydrogens is 456 g/mol. The molecule has 2 aromatic heterocycles. The van der Waals surface area contributed by atoms with Crippen LogP contribution in [0.1, 0.15) is 35.4 Å². The second kappa shape index (κ2) is 8.30. The Balaban J connectivity index is 1.33. The molecule has 7 nitrogen and oxygen atoms in total. The number of rotatable bonds is 6. The molecule has 2 aliphatic rings. The van der Waals surface area contributed by atoms with E-state index in [0.717, 1.165) is 46.7 Å². The lowest BCUT2D eigenvalue weighted by atomic mass is 10.0. The van der Waals surface area contributed by atoms with Gasteiger partial charge in [0, 0.05) is 30.3 Å². The quantitative estimate of drug-likeness (QED) is 0.579. The number of carbonyl (C=O) groups is 1. The van der Waals surface area contributed by atoms with Crippen molar-refractivity contribution in [2.24, 2.45) is 5.92 Å². The standard InChI is InChI=1S/C24H26N4O3S2/c1-14-5-4-6-21(25-14)17-8-7-16-11-19(13-18(16)12-17)22(29)28(3)24-26-15(2)23(32-24)33(30,31)27-20-9-10-20/h4-8,12,19-20,27H,9-11,13H2,1-3H3. The highest BCUT2D eigenvalue weighted by Crippen LogP contribution is 2.35. The van der Waals surface area contributed by atoms with E-state index in [9.17, 15) is 13.2 Å². The maximum atomic E-state index is 13.3. The number of aryl methyl sites for hydroxylation is 2. The number of fused-ring (bicyclic) bond motifs is 1. The Morgan fingerprint density at radius 1 is 1.09 bits per heavy atom. The van der Waals surface area contributed by atoms with E-state index in [0.29, 0.717) is 23.7 Å². The third-order valence-electron chi connectivity index (χ3n) is 6.18. The van der Waals surface area contributed by atoms with Gasteiger partial charge in [0.05, 0.1) is 11.4 Å². The lowest BCUT2D eigenvalue weighted by Gasteiger charge is -2.18. The number of anilines is 1. The Hall–Kier alpha value is -2.62. The van der Waals surface area contributed by atoms with Gasteiger partial charge in [0.1, 0.15) is 0 Å². The lowest BCUT2D eigenvalue weighted by molar-refractivity contribution is -0.121. The van der Waals surface area contributed by atoms with Gasteiger partial charge < -0.3 is 0 Å². The molecular formula is C24H26N4O3S2. The van der Waals surface area contributed by atoms with Crippen molar-refractivity contribution in [1.82, 2.24) is 14.7 Å². The van der Waals surface area contributed by atoms with E-state index in [2.05, 4.69) is 32.9 Å². The molecule has 0 saturated heterocycles. The minimum Gasteiger partial charge on any atom is -0.291 e. The Morgan fingerprint density at radius 2 is 1.85 bits per heavy atom. The smallest absolute Gasteiger partial charge is 0.252 e. The number of sulfonamides is 1. The van der Waals surface area contributed by atoms with E-state index in [1.165, 1.54) is 10.5 Å². The normalized spacial score (nSPS) is 17.7. The van der Waals surface area contributed by atoms with Crippen molar-refractivity contribution in [3.8, 4) is 11.3 Å². The fraction of sp³-hybridized carbons (Fsp3) is 0.375. The van der Waals surface area contributed by atoms with Crippen LogP contribution in [0, 0.1) is 19.8 Å². The summed E-state index contributed by atoms with van der Waals surface area (Å²) in [5.74, 6) is -0.242. The van der Waals surface area contributed by atoms with Crippen molar-refractivity contribution in [2.45, 2.75) is 49.8 Å². The molecule has 0 spiro atoms. The van der Waals surface area contributed by atoms with Gasteiger partial charge in [-0.1, -0.05) is 29.5 Å². The second-order valence-corrected chi connectivity index (χ2v) is 11.8. The van der Waals surface area contributed by atoms with Crippen LogP contribution >= 0.6 is 11.3 Å². The number of nitrogens with one attached hydrogen (secondary N) is 1. The predicted molar refractivity (Wildman–Crippen MR) is 129 cm³/mol. The number of hydrogen-bond donors (Lipinski definition) is 1. The van der Waals surface area contributed by atoms with Crippen molar-refractivity contribution >= 4 is 32.4 Å². The number of carbonyl (C=O) groups excluding carboxylic acids is 1. The molecule has 1 amide bonds. The Bertz CT molecular complexity index is 1350. The van der Waals surface area contributed by atoms with Gasteiger partial charge in [0.25, 0.3) is 10.0 Å². The van der Waals surface area contributed by atoms with Crippen LogP contribution in [0.3, 0.4) is 0 Å². The van der Waals surface area contributed by atoms with E-state index in [-0.39, 0.29) is 22.1 Å². The first-order valence-corrected chi connectivity index (χ1v) is 13.3. The third-order valence-corrected chi connectivity index (χ3v) is 9.54. The summed E-state index contributed by atoms with van der Waals surface area (Å²) in [4.78, 5) is 23.8. The van der Waals surface area contributed by atoms with Crippen LogP contribution < -0.4 is 9.62 Å². The molecule has 2 heterocycles. The molecule has 1 unspecified atom stereocenters. The van der Waals surface area contributed by atoms with E-state index >= 15 is 0 Å². The molecule has 2 aliphatic carbocycles. The highest BCUT2D eigenvalue weighted by Gasteiger charge is 2.34. The van der Waals surface area contributed by atoms with Crippen LogP contribution in [0.4, 0.5) is 5.13 Å². The SMILES string of the molecule is Cc1cccc(-c2ccc3c(c2)CC(C(=O)N(C)c2nc(C)c(S(=O)(=O)NC4CC4)s2)C3)n1. The molecule has 0 aliphatic heterocycles. The van der Waals surface area contributed by atoms with E-state index in [4.69, 9.17) is 0 Å². The minimum atomic E-state index is -3.60. The summed E-state index contributed by atoms with van der Waals surface area (Å²) in [6.45, 7) is 3.65. The molecule has 1 fully saturated rings. The average molecular weight is 483 g/mol. The molecule has 1 saturated carbocycles. The molecule has 33 heavy (non-hydrogen) atoms. The average Bonchev–Trinajstić information content (AvgIpc) is 3.32. The van der Waals surface area contributed by atoms with Gasteiger partial charge >= 0.3 is 0 Å². The van der Waals surface area contributed by atoms with Crippen LogP contribution in [-0.4, -0.2) is 37.4 Å². The first-order chi connectivity index (χ1) is 15.7. The number of pyridine rings is 1. The van der Waals surface area contributed by atoms with Gasteiger partial charge in [0.2, 0.25) is 5.91 Å². The van der Waals surface area contributed by atoms with E-state index in [1.54, 1.807) is 14.0 Å². The van der Waals surface area contributed by atoms with Crippen molar-refractivity contribution < 1.29 is 13.2 Å². The highest BCUT2D eigenvalue weighted by molar-refractivity contribution is 7.91. The number of aromatic nitrogens is 2. The van der Waals surface area contributed by atoms with Crippen molar-refractivity contribution in [1.29, 1.82) is 0 Å². The first-order valence-electron chi connectivity index (χ1n) is 11.0. The zero-order valence-electron chi connectivity index (χ0n) is 18.8. The van der Waals surface area contributed by atoms with Crippen molar-refractivity contribution in [3.05, 3.63) is 58.9 Å². The van der Waals surface area contributed by atoms with E-state index in [1.807, 2.05) is 25.1 Å². The van der Waals surface area contributed by atoms with Crippen LogP contribution in [0.5, 0.6) is 0 Å². The third kappa shape index (κ3) is 4.45. The Morgan fingerprint density at radius 3 is 2.58 bits per heavy atom. The van der Waals surface area contributed by atoms with Gasteiger partial charge in [-0.15, -0.1) is 0 Å². The summed E-state index contributed by atoms with van der Waals surface area (Å²) in [5, 5.41) is 0.411. The molecule has 5 rings (SSSR count). The van der Waals surface area contributed by atoms with Crippen molar-refractivity contribution in [3.63, 3.8) is 0 Å². The molecule has 0 bridgehead atoms. The van der Waals surface area contributed by atoms with Gasteiger partial charge in [-0.05, 0) is 68.9 Å². The molecule has 0 radical (unpaired) electrons. The lowest BCUT2D eigenvalue weighted by Crippen LogP contribution is -2.33. The number of nitrogens with zero attached hydrogens (tertiary/aromatic N) is 3. The molecule has 1 aromatic carbocycles. The number of amides is 1. The number of thiazole rings is 1. The van der Waals surface area contributed by atoms with E-state index < -0.39 is 10.0 Å². The van der Waals surface area contributed by atoms with Crippen molar-refractivity contribution in [2.75, 3.05) is 11.9 Å². The maximum Gasteiger partial charge on any atom is 0.252 e. The Kier molecular flexibility index (Phi) is 5.58. The Labute approximate surface area is 197 Å². The molecule has 1 N–H and O–H groups in total. The fourth-order valence-corrected chi connectivity index (χ4v) is 7.05. The summed E-state index contributed by atoms with van der Waals surface area (Å²) in [6, 6.07) is 12.3. The zero-order valence-corrected chi connectivity index (χ0v) is 20.5. The summed E-state index contributed by atoms with van der Waals surface area (Å²) in [7, 11) is -1.92. The molecule has 172 valence electrons. The summed E-state index contributed by atoms with van der Waals surface area (Å²) in [5.41, 5.74) is 5.70. The fourth-order valence-electron chi connectivity index (χ4n) is 4.26. The molecule has 3 aromatic rings. The van der Waals surface area contributed by atoms with Gasteiger partial charge in [-0.3, -0.25) is 14.7 Å². The van der Waals surface area contributed by atoms with Crippen LogP contribution in [0.25, 0.3) is 11.3 Å². The molecule has 9 heteroatoms. The number of hydrogen-bond acceptors (Lipinski definition) is 6.